The first-order valence-electron chi connectivity index (χ1n) is 7.14. The molecule has 21 heavy (non-hydrogen) atoms. The van der Waals surface area contributed by atoms with Crippen LogP contribution in [0.5, 0.6) is 0 Å². The third-order valence-electron chi connectivity index (χ3n) is 4.26. The highest BCUT2D eigenvalue weighted by molar-refractivity contribution is 6.06. The molecule has 3 rings (SSSR count). The van der Waals surface area contributed by atoms with E-state index in [0.29, 0.717) is 6.04 Å². The van der Waals surface area contributed by atoms with Crippen LogP contribution in [0.2, 0.25) is 0 Å². The quantitative estimate of drug-likeness (QED) is 0.915. The minimum Gasteiger partial charge on any atom is -0.478 e. The molecule has 2 heterocycles. The Morgan fingerprint density at radius 3 is 2.67 bits per heavy atom. The van der Waals surface area contributed by atoms with Crippen LogP contribution < -0.4 is 4.90 Å². The molecule has 1 fully saturated rings. The number of rotatable bonds is 2. The number of anilines is 1. The van der Waals surface area contributed by atoms with Crippen molar-refractivity contribution in [3.63, 3.8) is 0 Å². The summed E-state index contributed by atoms with van der Waals surface area (Å²) in [5, 5.41) is 11.0. The number of hydrogen-bond donors (Lipinski definition) is 1. The van der Waals surface area contributed by atoms with E-state index in [1.54, 1.807) is 0 Å². The fourth-order valence-electron chi connectivity index (χ4n) is 2.84. The molecule has 1 unspecified atom stereocenters. The van der Waals surface area contributed by atoms with E-state index in [1.165, 1.54) is 6.20 Å². The molecule has 0 bridgehead atoms. The lowest BCUT2D eigenvalue weighted by Gasteiger charge is -2.38. The van der Waals surface area contributed by atoms with Gasteiger partial charge in [-0.25, -0.2) is 9.78 Å². The molecule has 1 aromatic heterocycles. The van der Waals surface area contributed by atoms with Gasteiger partial charge in [0.05, 0.1) is 5.56 Å². The minimum atomic E-state index is -0.933. The van der Waals surface area contributed by atoms with Crippen molar-refractivity contribution in [1.29, 1.82) is 0 Å². The Morgan fingerprint density at radius 1 is 1.29 bits per heavy atom. The minimum absolute atomic E-state index is 0.261. The molecular weight excluding hydrogens is 266 g/mol. The second-order valence-electron chi connectivity index (χ2n) is 5.62. The van der Waals surface area contributed by atoms with E-state index < -0.39 is 5.97 Å². The highest BCUT2D eigenvalue weighted by Crippen LogP contribution is 2.28. The Balaban J connectivity index is 2.08. The van der Waals surface area contributed by atoms with Crippen molar-refractivity contribution in [3.8, 4) is 0 Å². The van der Waals surface area contributed by atoms with Crippen LogP contribution in [0.3, 0.4) is 0 Å². The van der Waals surface area contributed by atoms with E-state index in [-0.39, 0.29) is 5.56 Å². The molecule has 1 atom stereocenters. The standard InChI is InChI=1S/C16H19N3O2/c1-11-10-19(8-7-18(11)2)15-13-6-4-3-5-12(13)14(9-17-15)16(20)21/h3-6,9,11H,7-8,10H2,1-2H3,(H,20,21). The van der Waals surface area contributed by atoms with Crippen LogP contribution >= 0.6 is 0 Å². The third kappa shape index (κ3) is 2.45. The van der Waals surface area contributed by atoms with E-state index in [4.69, 9.17) is 0 Å². The van der Waals surface area contributed by atoms with Crippen LogP contribution in [0.1, 0.15) is 17.3 Å². The molecule has 1 saturated heterocycles. The predicted octanol–water partition coefficient (Wildman–Crippen LogP) is 2.07. The SMILES string of the molecule is CC1CN(c2ncc(C(=O)O)c3ccccc23)CCN1C. The van der Waals surface area contributed by atoms with E-state index in [9.17, 15) is 9.90 Å². The van der Waals surface area contributed by atoms with Crippen molar-refractivity contribution in [3.05, 3.63) is 36.0 Å². The number of likely N-dealkylation sites (N-methyl/N-ethyl adjacent to an activating group) is 1. The van der Waals surface area contributed by atoms with Gasteiger partial charge in [0.1, 0.15) is 5.82 Å². The van der Waals surface area contributed by atoms with E-state index >= 15 is 0 Å². The molecule has 0 saturated carbocycles. The summed E-state index contributed by atoms with van der Waals surface area (Å²) in [6.07, 6.45) is 1.48. The summed E-state index contributed by atoms with van der Waals surface area (Å²) in [5.74, 6) is -0.0486. The third-order valence-corrected chi connectivity index (χ3v) is 4.26. The van der Waals surface area contributed by atoms with Gasteiger partial charge in [-0.1, -0.05) is 24.3 Å². The maximum absolute atomic E-state index is 11.3. The van der Waals surface area contributed by atoms with Gasteiger partial charge >= 0.3 is 5.97 Å². The van der Waals surface area contributed by atoms with Crippen LogP contribution in [0, 0.1) is 0 Å². The van der Waals surface area contributed by atoms with Crippen molar-refractivity contribution < 1.29 is 9.90 Å². The van der Waals surface area contributed by atoms with Crippen molar-refractivity contribution >= 4 is 22.6 Å². The summed E-state index contributed by atoms with van der Waals surface area (Å²) in [5.41, 5.74) is 0.261. The van der Waals surface area contributed by atoms with Gasteiger partial charge in [0.15, 0.2) is 0 Å². The first-order chi connectivity index (χ1) is 10.1. The highest BCUT2D eigenvalue weighted by atomic mass is 16.4. The van der Waals surface area contributed by atoms with Gasteiger partial charge < -0.3 is 14.9 Å². The molecule has 1 aromatic carbocycles. The number of aromatic carboxylic acids is 1. The summed E-state index contributed by atoms with van der Waals surface area (Å²) < 4.78 is 0. The first-order valence-corrected chi connectivity index (χ1v) is 7.14. The number of carboxylic acid groups (broad SMARTS) is 1. The number of pyridine rings is 1. The number of nitrogens with zero attached hydrogens (tertiary/aromatic N) is 3. The molecule has 0 radical (unpaired) electrons. The Labute approximate surface area is 123 Å². The lowest BCUT2D eigenvalue weighted by molar-refractivity contribution is 0.0698. The number of fused-ring (bicyclic) bond motifs is 1. The molecule has 1 aliphatic heterocycles. The van der Waals surface area contributed by atoms with Crippen LogP contribution in [-0.2, 0) is 0 Å². The van der Waals surface area contributed by atoms with Crippen LogP contribution in [-0.4, -0.2) is 53.7 Å². The second-order valence-corrected chi connectivity index (χ2v) is 5.62. The van der Waals surface area contributed by atoms with Crippen LogP contribution in [0.25, 0.3) is 10.8 Å². The number of carbonyl (C=O) groups is 1. The van der Waals surface area contributed by atoms with Gasteiger partial charge in [-0.05, 0) is 14.0 Å². The largest absolute Gasteiger partial charge is 0.478 e. The molecule has 1 aliphatic rings. The normalized spacial score (nSPS) is 19.9. The van der Waals surface area contributed by atoms with Crippen molar-refractivity contribution in [2.24, 2.45) is 0 Å². The molecule has 5 nitrogen and oxygen atoms in total. The molecule has 2 aromatic rings. The zero-order valence-corrected chi connectivity index (χ0v) is 12.3. The van der Waals surface area contributed by atoms with E-state index in [2.05, 4.69) is 28.8 Å². The average Bonchev–Trinajstić information content (AvgIpc) is 2.49. The molecule has 1 N–H and O–H groups in total. The number of aromatic nitrogens is 1. The number of piperazine rings is 1. The monoisotopic (exact) mass is 285 g/mol. The lowest BCUT2D eigenvalue weighted by Crippen LogP contribution is -2.50. The van der Waals surface area contributed by atoms with Crippen molar-refractivity contribution in [2.75, 3.05) is 31.6 Å². The number of hydrogen-bond acceptors (Lipinski definition) is 4. The zero-order chi connectivity index (χ0) is 15.0. The molecular formula is C16H19N3O2. The van der Waals surface area contributed by atoms with Gasteiger partial charge in [0.2, 0.25) is 0 Å². The lowest BCUT2D eigenvalue weighted by atomic mass is 10.1. The topological polar surface area (TPSA) is 56.7 Å². The number of carboxylic acids is 1. The van der Waals surface area contributed by atoms with Gasteiger partial charge in [0, 0.05) is 42.6 Å². The van der Waals surface area contributed by atoms with Gasteiger partial charge in [-0.15, -0.1) is 0 Å². The molecule has 0 spiro atoms. The van der Waals surface area contributed by atoms with Gasteiger partial charge in [-0.2, -0.15) is 0 Å². The van der Waals surface area contributed by atoms with Crippen LogP contribution in [0.4, 0.5) is 5.82 Å². The Hall–Kier alpha value is -2.14. The van der Waals surface area contributed by atoms with Gasteiger partial charge in [-0.3, -0.25) is 0 Å². The Morgan fingerprint density at radius 2 is 2.00 bits per heavy atom. The Kier molecular flexibility index (Phi) is 3.51. The summed E-state index contributed by atoms with van der Waals surface area (Å²) in [4.78, 5) is 20.3. The zero-order valence-electron chi connectivity index (χ0n) is 12.3. The predicted molar refractivity (Wildman–Crippen MR) is 83.0 cm³/mol. The molecule has 110 valence electrons. The highest BCUT2D eigenvalue weighted by Gasteiger charge is 2.23. The maximum Gasteiger partial charge on any atom is 0.337 e. The summed E-state index contributed by atoms with van der Waals surface area (Å²) in [7, 11) is 2.13. The Bertz CT molecular complexity index is 686. The fraction of sp³-hybridized carbons (Fsp3) is 0.375. The summed E-state index contributed by atoms with van der Waals surface area (Å²) >= 11 is 0. The maximum atomic E-state index is 11.3. The molecule has 5 heteroatoms. The summed E-state index contributed by atoms with van der Waals surface area (Å²) in [6.45, 7) is 4.99. The van der Waals surface area contributed by atoms with E-state index in [0.717, 1.165) is 36.2 Å². The second kappa shape index (κ2) is 5.33. The molecule has 0 aliphatic carbocycles. The summed E-state index contributed by atoms with van der Waals surface area (Å²) in [6, 6.07) is 8.05. The van der Waals surface area contributed by atoms with E-state index in [1.807, 2.05) is 24.3 Å². The number of benzene rings is 1. The average molecular weight is 285 g/mol. The molecule has 0 amide bonds. The fourth-order valence-corrected chi connectivity index (χ4v) is 2.84. The van der Waals surface area contributed by atoms with Crippen LogP contribution in [0.15, 0.2) is 30.5 Å². The van der Waals surface area contributed by atoms with Gasteiger partial charge in [0.25, 0.3) is 0 Å². The van der Waals surface area contributed by atoms with Crippen molar-refractivity contribution in [1.82, 2.24) is 9.88 Å². The first kappa shape index (κ1) is 13.8. The smallest absolute Gasteiger partial charge is 0.337 e. The van der Waals surface area contributed by atoms with Crippen molar-refractivity contribution in [2.45, 2.75) is 13.0 Å².